The number of carbonyl (C=O) groups is 1. The second-order valence-electron chi connectivity index (χ2n) is 3.07. The average molecular weight is 247 g/mol. The SMILES string of the molecule is Cl.N[C@@H](Cc1ccc([N+](=O)[O-])cc1)C(=O)O. The summed E-state index contributed by atoms with van der Waals surface area (Å²) < 4.78 is 0. The fourth-order valence-electron chi connectivity index (χ4n) is 1.09. The van der Waals surface area contributed by atoms with Crippen molar-refractivity contribution < 1.29 is 14.8 Å². The number of hydrogen-bond acceptors (Lipinski definition) is 4. The van der Waals surface area contributed by atoms with Gasteiger partial charge in [-0.2, -0.15) is 0 Å². The highest BCUT2D eigenvalue weighted by molar-refractivity contribution is 5.85. The van der Waals surface area contributed by atoms with Crippen LogP contribution in [0.5, 0.6) is 0 Å². The van der Waals surface area contributed by atoms with Crippen molar-refractivity contribution in [3.63, 3.8) is 0 Å². The van der Waals surface area contributed by atoms with E-state index in [2.05, 4.69) is 0 Å². The third kappa shape index (κ3) is 3.84. The van der Waals surface area contributed by atoms with Crippen LogP contribution in [-0.2, 0) is 11.2 Å². The van der Waals surface area contributed by atoms with Crippen molar-refractivity contribution in [2.75, 3.05) is 0 Å². The maximum atomic E-state index is 10.4. The quantitative estimate of drug-likeness (QED) is 0.608. The number of carboxylic acid groups (broad SMARTS) is 1. The molecule has 1 aromatic rings. The van der Waals surface area contributed by atoms with Crippen molar-refractivity contribution in [2.24, 2.45) is 5.73 Å². The minimum absolute atomic E-state index is 0. The van der Waals surface area contributed by atoms with E-state index in [4.69, 9.17) is 10.8 Å². The van der Waals surface area contributed by atoms with E-state index < -0.39 is 16.9 Å². The predicted octanol–water partition coefficient (Wildman–Crippen LogP) is 0.971. The molecule has 0 spiro atoms. The van der Waals surface area contributed by atoms with Gasteiger partial charge < -0.3 is 10.8 Å². The molecule has 0 heterocycles. The van der Waals surface area contributed by atoms with Gasteiger partial charge in [0.15, 0.2) is 0 Å². The average Bonchev–Trinajstić information content (AvgIpc) is 2.18. The minimum Gasteiger partial charge on any atom is -0.480 e. The Labute approximate surface area is 97.6 Å². The van der Waals surface area contributed by atoms with Crippen LogP contribution in [0.1, 0.15) is 5.56 Å². The fraction of sp³-hybridized carbons (Fsp3) is 0.222. The van der Waals surface area contributed by atoms with Crippen molar-refractivity contribution in [1.29, 1.82) is 0 Å². The van der Waals surface area contributed by atoms with Gasteiger partial charge in [-0.25, -0.2) is 0 Å². The number of nitrogens with zero attached hydrogens (tertiary/aromatic N) is 1. The molecule has 0 aromatic heterocycles. The molecule has 1 aromatic carbocycles. The van der Waals surface area contributed by atoms with Crippen molar-refractivity contribution >= 4 is 24.1 Å². The lowest BCUT2D eigenvalue weighted by Gasteiger charge is -2.05. The number of non-ortho nitro benzene ring substituents is 1. The summed E-state index contributed by atoms with van der Waals surface area (Å²) in [4.78, 5) is 20.3. The molecule has 7 heteroatoms. The predicted molar refractivity (Wildman–Crippen MR) is 59.7 cm³/mol. The lowest BCUT2D eigenvalue weighted by Crippen LogP contribution is -2.32. The Hall–Kier alpha value is -1.66. The Morgan fingerprint density at radius 2 is 1.94 bits per heavy atom. The zero-order valence-electron chi connectivity index (χ0n) is 8.20. The molecule has 1 rings (SSSR count). The Balaban J connectivity index is 0.00000225. The summed E-state index contributed by atoms with van der Waals surface area (Å²) >= 11 is 0. The van der Waals surface area contributed by atoms with E-state index in [9.17, 15) is 14.9 Å². The summed E-state index contributed by atoms with van der Waals surface area (Å²) in [5.74, 6) is -1.09. The maximum Gasteiger partial charge on any atom is 0.320 e. The Morgan fingerprint density at radius 3 is 2.31 bits per heavy atom. The van der Waals surface area contributed by atoms with Gasteiger partial charge in [-0.15, -0.1) is 12.4 Å². The molecule has 0 aliphatic carbocycles. The van der Waals surface area contributed by atoms with Gasteiger partial charge >= 0.3 is 5.97 Å². The van der Waals surface area contributed by atoms with Crippen LogP contribution in [0.3, 0.4) is 0 Å². The number of hydrogen-bond donors (Lipinski definition) is 2. The fourth-order valence-corrected chi connectivity index (χ4v) is 1.09. The van der Waals surface area contributed by atoms with E-state index in [1.807, 2.05) is 0 Å². The summed E-state index contributed by atoms with van der Waals surface area (Å²) in [5, 5.41) is 18.9. The second-order valence-corrected chi connectivity index (χ2v) is 3.07. The van der Waals surface area contributed by atoms with E-state index in [1.165, 1.54) is 24.3 Å². The van der Waals surface area contributed by atoms with Crippen molar-refractivity contribution in [3.8, 4) is 0 Å². The largest absolute Gasteiger partial charge is 0.480 e. The molecule has 0 aliphatic heterocycles. The van der Waals surface area contributed by atoms with Crippen molar-refractivity contribution in [2.45, 2.75) is 12.5 Å². The molecule has 0 amide bonds. The topological polar surface area (TPSA) is 106 Å². The number of halogens is 1. The standard InChI is InChI=1S/C9H10N2O4.ClH/c10-8(9(12)13)5-6-1-3-7(4-2-6)11(14)15;/h1-4,8H,5,10H2,(H,12,13);1H/t8-;/m0./s1. The molecular weight excluding hydrogens is 236 g/mol. The van der Waals surface area contributed by atoms with E-state index in [1.54, 1.807) is 0 Å². The third-order valence-electron chi connectivity index (χ3n) is 1.92. The Bertz CT molecular complexity index is 380. The molecule has 0 unspecified atom stereocenters. The highest BCUT2D eigenvalue weighted by Gasteiger charge is 2.12. The molecule has 0 bridgehead atoms. The Morgan fingerprint density at radius 1 is 1.44 bits per heavy atom. The molecular formula is C9H11ClN2O4. The highest BCUT2D eigenvalue weighted by atomic mass is 35.5. The number of aliphatic carboxylic acids is 1. The van der Waals surface area contributed by atoms with Gasteiger partial charge in [0.05, 0.1) is 4.92 Å². The lowest BCUT2D eigenvalue weighted by molar-refractivity contribution is -0.384. The number of benzene rings is 1. The van der Waals surface area contributed by atoms with Gasteiger partial charge in [0.25, 0.3) is 5.69 Å². The molecule has 3 N–H and O–H groups in total. The first-order valence-corrected chi connectivity index (χ1v) is 4.22. The molecule has 0 aliphatic rings. The van der Waals surface area contributed by atoms with Gasteiger partial charge in [0, 0.05) is 12.1 Å². The number of nitro groups is 1. The van der Waals surface area contributed by atoms with E-state index in [0.717, 1.165) is 0 Å². The zero-order chi connectivity index (χ0) is 11.4. The zero-order valence-corrected chi connectivity index (χ0v) is 9.02. The van der Waals surface area contributed by atoms with E-state index in [-0.39, 0.29) is 24.5 Å². The van der Waals surface area contributed by atoms with Gasteiger partial charge in [-0.3, -0.25) is 14.9 Å². The third-order valence-corrected chi connectivity index (χ3v) is 1.92. The number of rotatable bonds is 4. The lowest BCUT2D eigenvalue weighted by atomic mass is 10.1. The molecule has 0 radical (unpaired) electrons. The summed E-state index contributed by atoms with van der Waals surface area (Å²) in [7, 11) is 0. The van der Waals surface area contributed by atoms with Crippen LogP contribution in [0.15, 0.2) is 24.3 Å². The number of nitrogens with two attached hydrogens (primary N) is 1. The van der Waals surface area contributed by atoms with Gasteiger partial charge in [0.2, 0.25) is 0 Å². The van der Waals surface area contributed by atoms with Gasteiger partial charge in [-0.1, -0.05) is 12.1 Å². The molecule has 0 fully saturated rings. The van der Waals surface area contributed by atoms with Crippen LogP contribution in [0.25, 0.3) is 0 Å². The van der Waals surface area contributed by atoms with Crippen LogP contribution in [-0.4, -0.2) is 22.0 Å². The first-order valence-electron chi connectivity index (χ1n) is 4.22. The van der Waals surface area contributed by atoms with Crippen LogP contribution < -0.4 is 5.73 Å². The Kier molecular flexibility index (Phi) is 5.41. The summed E-state index contributed by atoms with van der Waals surface area (Å²) in [6, 6.07) is 4.67. The first-order chi connectivity index (χ1) is 7.00. The van der Waals surface area contributed by atoms with Crippen LogP contribution in [0.4, 0.5) is 5.69 Å². The number of carboxylic acids is 1. The molecule has 0 saturated heterocycles. The summed E-state index contributed by atoms with van der Waals surface area (Å²) in [6.07, 6.45) is 0.160. The highest BCUT2D eigenvalue weighted by Crippen LogP contribution is 2.12. The van der Waals surface area contributed by atoms with Gasteiger partial charge in [0.1, 0.15) is 6.04 Å². The molecule has 1 atom stereocenters. The number of nitro benzene ring substituents is 1. The summed E-state index contributed by atoms with van der Waals surface area (Å²) in [5.41, 5.74) is 5.95. The van der Waals surface area contributed by atoms with Crippen molar-refractivity contribution in [1.82, 2.24) is 0 Å². The molecule has 16 heavy (non-hydrogen) atoms. The molecule has 0 saturated carbocycles. The summed E-state index contributed by atoms with van der Waals surface area (Å²) in [6.45, 7) is 0. The molecule has 88 valence electrons. The van der Waals surface area contributed by atoms with Crippen LogP contribution in [0.2, 0.25) is 0 Å². The van der Waals surface area contributed by atoms with E-state index in [0.29, 0.717) is 5.56 Å². The maximum absolute atomic E-state index is 10.4. The van der Waals surface area contributed by atoms with Crippen molar-refractivity contribution in [3.05, 3.63) is 39.9 Å². The van der Waals surface area contributed by atoms with E-state index >= 15 is 0 Å². The van der Waals surface area contributed by atoms with Crippen LogP contribution >= 0.6 is 12.4 Å². The first kappa shape index (κ1) is 14.3. The monoisotopic (exact) mass is 246 g/mol. The minimum atomic E-state index is -1.09. The smallest absolute Gasteiger partial charge is 0.320 e. The second kappa shape index (κ2) is 6.04. The van der Waals surface area contributed by atoms with Gasteiger partial charge in [-0.05, 0) is 12.0 Å². The normalized spacial score (nSPS) is 11.3. The van der Waals surface area contributed by atoms with Crippen LogP contribution in [0, 0.1) is 10.1 Å². The molecule has 6 nitrogen and oxygen atoms in total.